The van der Waals surface area contributed by atoms with Gasteiger partial charge in [-0.1, -0.05) is 20.8 Å². The average molecular weight is 367 g/mol. The second-order valence-electron chi connectivity index (χ2n) is 5.53. The number of nitrogens with two attached hydrogens (primary N) is 2. The zero-order chi connectivity index (χ0) is 20.4. The van der Waals surface area contributed by atoms with E-state index in [4.69, 9.17) is 26.2 Å². The van der Waals surface area contributed by atoms with E-state index in [1.54, 1.807) is 0 Å². The van der Waals surface area contributed by atoms with E-state index in [9.17, 15) is 14.4 Å². The highest BCUT2D eigenvalue weighted by Gasteiger charge is 2.14. The van der Waals surface area contributed by atoms with Gasteiger partial charge in [0.1, 0.15) is 12.1 Å². The molecule has 0 amide bonds. The van der Waals surface area contributed by atoms with E-state index in [0.29, 0.717) is 18.9 Å². The maximum absolute atomic E-state index is 10.4. The predicted octanol–water partition coefficient (Wildman–Crippen LogP) is -0.704. The Bertz CT molecular complexity index is 365. The molecule has 150 valence electrons. The monoisotopic (exact) mass is 367 g/mol. The molecular weight excluding hydrogens is 334 g/mol. The van der Waals surface area contributed by atoms with Gasteiger partial charge in [-0.3, -0.25) is 14.4 Å². The van der Waals surface area contributed by atoms with Crippen molar-refractivity contribution in [3.8, 4) is 0 Å². The van der Waals surface area contributed by atoms with Crippen LogP contribution in [-0.2, 0) is 14.4 Å². The van der Waals surface area contributed by atoms with Crippen LogP contribution in [0.1, 0.15) is 40.0 Å². The van der Waals surface area contributed by atoms with E-state index < -0.39 is 30.0 Å². The van der Waals surface area contributed by atoms with E-state index in [1.807, 2.05) is 20.8 Å². The van der Waals surface area contributed by atoms with Crippen LogP contribution in [0.3, 0.4) is 0 Å². The Morgan fingerprint density at radius 1 is 1.08 bits per heavy atom. The molecule has 0 aliphatic rings. The lowest BCUT2D eigenvalue weighted by Crippen LogP contribution is -2.37. The van der Waals surface area contributed by atoms with Crippen LogP contribution >= 0.6 is 0 Å². The number of hydrogen-bond donors (Lipinski definition) is 7. The Morgan fingerprint density at radius 2 is 1.56 bits per heavy atom. The molecular formula is C15H33N3O7. The summed E-state index contributed by atoms with van der Waals surface area (Å²) < 4.78 is 0. The second-order valence-corrected chi connectivity index (χ2v) is 5.53. The molecule has 0 aromatic heterocycles. The van der Waals surface area contributed by atoms with Gasteiger partial charge in [0.15, 0.2) is 0 Å². The molecule has 10 nitrogen and oxygen atoms in total. The van der Waals surface area contributed by atoms with Crippen molar-refractivity contribution >= 4 is 17.9 Å². The van der Waals surface area contributed by atoms with Gasteiger partial charge in [-0.25, -0.2) is 0 Å². The van der Waals surface area contributed by atoms with E-state index in [-0.39, 0.29) is 19.6 Å². The Morgan fingerprint density at radius 3 is 1.76 bits per heavy atom. The van der Waals surface area contributed by atoms with Gasteiger partial charge in [0.2, 0.25) is 0 Å². The van der Waals surface area contributed by atoms with Crippen molar-refractivity contribution in [1.82, 2.24) is 5.32 Å². The smallest absolute Gasteiger partial charge is 0.320 e. The van der Waals surface area contributed by atoms with Crippen LogP contribution < -0.4 is 16.8 Å². The molecule has 25 heavy (non-hydrogen) atoms. The zero-order valence-electron chi connectivity index (χ0n) is 15.1. The van der Waals surface area contributed by atoms with Gasteiger partial charge in [0.25, 0.3) is 0 Å². The fourth-order valence-electron chi connectivity index (χ4n) is 1.37. The molecule has 0 aliphatic carbocycles. The SMILES string of the molecule is CC(C)CC(N)C(=O)O.CCCNC(CCO)C(=O)O.NCC(=O)O. The van der Waals surface area contributed by atoms with Crippen LogP contribution in [0.15, 0.2) is 0 Å². The minimum Gasteiger partial charge on any atom is -0.480 e. The van der Waals surface area contributed by atoms with Crippen molar-refractivity contribution in [3.05, 3.63) is 0 Å². The lowest BCUT2D eigenvalue weighted by Gasteiger charge is -2.11. The highest BCUT2D eigenvalue weighted by Crippen LogP contribution is 2.01. The first kappa shape index (κ1) is 28.1. The molecule has 0 saturated heterocycles. The second kappa shape index (κ2) is 18.6. The molecule has 0 heterocycles. The number of carboxylic acid groups (broad SMARTS) is 3. The number of nitrogens with one attached hydrogen (secondary N) is 1. The molecule has 0 spiro atoms. The fourth-order valence-corrected chi connectivity index (χ4v) is 1.37. The van der Waals surface area contributed by atoms with E-state index >= 15 is 0 Å². The predicted molar refractivity (Wildman–Crippen MR) is 93.2 cm³/mol. The fraction of sp³-hybridized carbons (Fsp3) is 0.800. The number of aliphatic carboxylic acids is 3. The summed E-state index contributed by atoms with van der Waals surface area (Å²) in [6.45, 7) is 6.17. The summed E-state index contributed by atoms with van der Waals surface area (Å²) in [4.78, 5) is 29.8. The van der Waals surface area contributed by atoms with Gasteiger partial charge in [0.05, 0.1) is 6.54 Å². The molecule has 10 heteroatoms. The third-order valence-corrected chi connectivity index (χ3v) is 2.57. The van der Waals surface area contributed by atoms with Crippen LogP contribution in [-0.4, -0.2) is 70.1 Å². The van der Waals surface area contributed by atoms with E-state index in [0.717, 1.165) is 6.42 Å². The highest BCUT2D eigenvalue weighted by atomic mass is 16.4. The maximum Gasteiger partial charge on any atom is 0.320 e. The van der Waals surface area contributed by atoms with Crippen molar-refractivity contribution < 1.29 is 34.8 Å². The van der Waals surface area contributed by atoms with E-state index in [1.165, 1.54) is 0 Å². The van der Waals surface area contributed by atoms with E-state index in [2.05, 4.69) is 11.1 Å². The van der Waals surface area contributed by atoms with Crippen molar-refractivity contribution in [2.24, 2.45) is 17.4 Å². The van der Waals surface area contributed by atoms with Crippen LogP contribution in [0.2, 0.25) is 0 Å². The molecule has 2 atom stereocenters. The van der Waals surface area contributed by atoms with Crippen LogP contribution in [0.25, 0.3) is 0 Å². The number of carboxylic acids is 3. The normalized spacial score (nSPS) is 12.1. The van der Waals surface area contributed by atoms with Crippen LogP contribution in [0.4, 0.5) is 0 Å². The van der Waals surface area contributed by atoms with Crippen LogP contribution in [0, 0.1) is 5.92 Å². The van der Waals surface area contributed by atoms with Crippen molar-refractivity contribution in [3.63, 3.8) is 0 Å². The molecule has 0 aliphatic heterocycles. The molecule has 0 saturated carbocycles. The van der Waals surface area contributed by atoms with Gasteiger partial charge in [0, 0.05) is 6.61 Å². The molecule has 9 N–H and O–H groups in total. The van der Waals surface area contributed by atoms with Gasteiger partial charge in [-0.05, 0) is 31.7 Å². The summed E-state index contributed by atoms with van der Waals surface area (Å²) in [6, 6.07) is -1.29. The highest BCUT2D eigenvalue weighted by molar-refractivity contribution is 5.73. The Kier molecular flexibility index (Phi) is 20.9. The van der Waals surface area contributed by atoms with Gasteiger partial charge >= 0.3 is 17.9 Å². The topological polar surface area (TPSA) is 196 Å². The third-order valence-electron chi connectivity index (χ3n) is 2.57. The lowest BCUT2D eigenvalue weighted by atomic mass is 10.1. The Hall–Kier alpha value is -1.75. The minimum absolute atomic E-state index is 0.0896. The van der Waals surface area contributed by atoms with Crippen molar-refractivity contribution in [2.45, 2.75) is 52.1 Å². The molecule has 0 bridgehead atoms. The third kappa shape index (κ3) is 24.6. The van der Waals surface area contributed by atoms with Crippen LogP contribution in [0.5, 0.6) is 0 Å². The number of aliphatic hydroxyl groups is 1. The molecule has 0 aromatic carbocycles. The number of carbonyl (C=O) groups is 3. The van der Waals surface area contributed by atoms with Gasteiger partial charge < -0.3 is 37.2 Å². The largest absolute Gasteiger partial charge is 0.480 e. The minimum atomic E-state index is -0.968. The Labute approximate surface area is 148 Å². The summed E-state index contributed by atoms with van der Waals surface area (Å²) in [6.07, 6.45) is 1.72. The molecule has 0 rings (SSSR count). The summed E-state index contributed by atoms with van der Waals surface area (Å²) in [5.41, 5.74) is 9.79. The summed E-state index contributed by atoms with van der Waals surface area (Å²) in [5, 5.41) is 35.8. The quantitative estimate of drug-likeness (QED) is 0.259. The van der Waals surface area contributed by atoms with Gasteiger partial charge in [-0.2, -0.15) is 0 Å². The standard InChI is InChI=1S/C7H15NO3.C6H13NO2.C2H5NO2/c1-2-4-8-6(3-5-9)7(10)11;1-4(2)3-5(7)6(8)9;3-1-2(4)5/h6,8-9H,2-5H2,1H3,(H,10,11);4-5H,3,7H2,1-2H3,(H,8,9);1,3H2,(H,4,5). The zero-order valence-corrected chi connectivity index (χ0v) is 15.1. The number of aliphatic hydroxyl groups excluding tert-OH is 1. The molecule has 0 fully saturated rings. The van der Waals surface area contributed by atoms with Gasteiger partial charge in [-0.15, -0.1) is 0 Å². The van der Waals surface area contributed by atoms with Crippen molar-refractivity contribution in [1.29, 1.82) is 0 Å². The first-order chi connectivity index (χ1) is 11.5. The molecule has 0 radical (unpaired) electrons. The number of hydrogen-bond acceptors (Lipinski definition) is 7. The lowest BCUT2D eigenvalue weighted by molar-refractivity contribution is -0.140. The first-order valence-corrected chi connectivity index (χ1v) is 8.00. The summed E-state index contributed by atoms with van der Waals surface area (Å²) in [5.74, 6) is -2.42. The first-order valence-electron chi connectivity index (χ1n) is 8.00. The molecule has 2 unspecified atom stereocenters. The van der Waals surface area contributed by atoms with Crippen molar-refractivity contribution in [2.75, 3.05) is 19.7 Å². The molecule has 0 aromatic rings. The average Bonchev–Trinajstić information content (AvgIpc) is 2.51. The maximum atomic E-state index is 10.4. The Balaban J connectivity index is -0.000000311. The summed E-state index contributed by atoms with van der Waals surface area (Å²) >= 11 is 0. The summed E-state index contributed by atoms with van der Waals surface area (Å²) in [7, 11) is 0. The number of rotatable bonds is 10.